The molecule has 1 aromatic heterocycles. The number of aromatic nitrogens is 2. The maximum atomic E-state index is 12.3. The molecule has 0 spiro atoms. The molecule has 1 heterocycles. The molecule has 0 saturated carbocycles. The number of anilines is 2. The molecular formula is C19H26N4O. The lowest BCUT2D eigenvalue weighted by Gasteiger charge is -2.12. The third kappa shape index (κ3) is 5.05. The molecule has 0 aliphatic rings. The first-order valence-electron chi connectivity index (χ1n) is 8.33. The van der Waals surface area contributed by atoms with E-state index in [1.54, 1.807) is 13.0 Å². The van der Waals surface area contributed by atoms with Gasteiger partial charge < -0.3 is 10.6 Å². The molecule has 2 N–H and O–H groups in total. The standard InChI is InChI=1S/C19H26N4O/c1-12(2)8-9-20-19(24)17-11-18(22-15(5)21-17)23-16-7-6-13(3)10-14(16)4/h6-7,10-12H,8-9H2,1-5H3,(H,20,24)(H,21,22,23). The van der Waals surface area contributed by atoms with Gasteiger partial charge in [-0.2, -0.15) is 0 Å². The Morgan fingerprint density at radius 1 is 1.12 bits per heavy atom. The molecule has 1 amide bonds. The van der Waals surface area contributed by atoms with Gasteiger partial charge in [0, 0.05) is 18.3 Å². The molecule has 0 fully saturated rings. The van der Waals surface area contributed by atoms with Gasteiger partial charge in [0.05, 0.1) is 0 Å². The zero-order valence-corrected chi connectivity index (χ0v) is 15.1. The van der Waals surface area contributed by atoms with Gasteiger partial charge in [0.2, 0.25) is 0 Å². The molecule has 0 saturated heterocycles. The number of amides is 1. The second kappa shape index (κ2) is 7.90. The summed E-state index contributed by atoms with van der Waals surface area (Å²) < 4.78 is 0. The first-order chi connectivity index (χ1) is 11.3. The summed E-state index contributed by atoms with van der Waals surface area (Å²) in [6.45, 7) is 10.8. The van der Waals surface area contributed by atoms with E-state index >= 15 is 0 Å². The maximum Gasteiger partial charge on any atom is 0.270 e. The van der Waals surface area contributed by atoms with Crippen molar-refractivity contribution in [2.75, 3.05) is 11.9 Å². The van der Waals surface area contributed by atoms with Gasteiger partial charge in [-0.3, -0.25) is 4.79 Å². The minimum atomic E-state index is -0.162. The third-order valence-electron chi connectivity index (χ3n) is 3.72. The number of carbonyl (C=O) groups is 1. The molecule has 2 rings (SSSR count). The second-order valence-corrected chi connectivity index (χ2v) is 6.57. The Morgan fingerprint density at radius 3 is 2.54 bits per heavy atom. The topological polar surface area (TPSA) is 66.9 Å². The van der Waals surface area contributed by atoms with E-state index in [2.05, 4.69) is 47.4 Å². The van der Waals surface area contributed by atoms with E-state index < -0.39 is 0 Å². The van der Waals surface area contributed by atoms with Crippen LogP contribution in [0.15, 0.2) is 24.3 Å². The molecule has 0 atom stereocenters. The molecule has 0 aliphatic heterocycles. The molecular weight excluding hydrogens is 300 g/mol. The van der Waals surface area contributed by atoms with Crippen molar-refractivity contribution in [3.05, 3.63) is 46.9 Å². The van der Waals surface area contributed by atoms with E-state index in [0.29, 0.717) is 29.8 Å². The highest BCUT2D eigenvalue weighted by Crippen LogP contribution is 2.20. The lowest BCUT2D eigenvalue weighted by Crippen LogP contribution is -2.26. The highest BCUT2D eigenvalue weighted by Gasteiger charge is 2.11. The lowest BCUT2D eigenvalue weighted by molar-refractivity contribution is 0.0946. The van der Waals surface area contributed by atoms with E-state index in [9.17, 15) is 4.79 Å². The van der Waals surface area contributed by atoms with Crippen LogP contribution < -0.4 is 10.6 Å². The molecule has 5 nitrogen and oxygen atoms in total. The Morgan fingerprint density at radius 2 is 1.88 bits per heavy atom. The number of benzene rings is 1. The number of nitrogens with zero attached hydrogens (tertiary/aromatic N) is 2. The van der Waals surface area contributed by atoms with Crippen LogP contribution in [0.2, 0.25) is 0 Å². The Balaban J connectivity index is 2.14. The van der Waals surface area contributed by atoms with Crippen molar-refractivity contribution in [2.24, 2.45) is 5.92 Å². The largest absolute Gasteiger partial charge is 0.351 e. The summed E-state index contributed by atoms with van der Waals surface area (Å²) in [5.41, 5.74) is 3.71. The Hall–Kier alpha value is -2.43. The fourth-order valence-corrected chi connectivity index (χ4v) is 2.40. The molecule has 2 aromatic rings. The summed E-state index contributed by atoms with van der Waals surface area (Å²) in [5, 5.41) is 6.19. The van der Waals surface area contributed by atoms with E-state index in [-0.39, 0.29) is 5.91 Å². The summed E-state index contributed by atoms with van der Waals surface area (Å²) in [6.07, 6.45) is 0.948. The number of aryl methyl sites for hydroxylation is 3. The Labute approximate surface area is 143 Å². The van der Waals surface area contributed by atoms with Gasteiger partial charge in [0.1, 0.15) is 17.3 Å². The summed E-state index contributed by atoms with van der Waals surface area (Å²) in [4.78, 5) is 20.9. The minimum Gasteiger partial charge on any atom is -0.351 e. The lowest BCUT2D eigenvalue weighted by atomic mass is 10.1. The average molecular weight is 326 g/mol. The van der Waals surface area contributed by atoms with Crippen LogP contribution in [0.4, 0.5) is 11.5 Å². The summed E-state index contributed by atoms with van der Waals surface area (Å²) >= 11 is 0. The third-order valence-corrected chi connectivity index (χ3v) is 3.72. The van der Waals surface area contributed by atoms with E-state index in [1.807, 2.05) is 19.1 Å². The molecule has 24 heavy (non-hydrogen) atoms. The quantitative estimate of drug-likeness (QED) is 0.844. The zero-order chi connectivity index (χ0) is 17.7. The first-order valence-corrected chi connectivity index (χ1v) is 8.33. The summed E-state index contributed by atoms with van der Waals surface area (Å²) in [5.74, 6) is 1.59. The monoisotopic (exact) mass is 326 g/mol. The number of rotatable bonds is 6. The number of hydrogen-bond donors (Lipinski definition) is 2. The molecule has 0 bridgehead atoms. The van der Waals surface area contributed by atoms with Crippen molar-refractivity contribution in [2.45, 2.75) is 41.0 Å². The highest BCUT2D eigenvalue weighted by molar-refractivity contribution is 5.93. The van der Waals surface area contributed by atoms with Crippen LogP contribution in [0.3, 0.4) is 0 Å². The summed E-state index contributed by atoms with van der Waals surface area (Å²) in [7, 11) is 0. The Bertz CT molecular complexity index is 725. The number of carbonyl (C=O) groups excluding carboxylic acids is 1. The van der Waals surface area contributed by atoms with Gasteiger partial charge in [0.25, 0.3) is 5.91 Å². The van der Waals surface area contributed by atoms with Crippen LogP contribution in [0.25, 0.3) is 0 Å². The van der Waals surface area contributed by atoms with Crippen LogP contribution in [-0.4, -0.2) is 22.4 Å². The van der Waals surface area contributed by atoms with Crippen molar-refractivity contribution in [3.8, 4) is 0 Å². The van der Waals surface area contributed by atoms with E-state index in [4.69, 9.17) is 0 Å². The molecule has 128 valence electrons. The van der Waals surface area contributed by atoms with E-state index in [0.717, 1.165) is 17.7 Å². The van der Waals surface area contributed by atoms with Gasteiger partial charge in [-0.15, -0.1) is 0 Å². The zero-order valence-electron chi connectivity index (χ0n) is 15.1. The fourth-order valence-electron chi connectivity index (χ4n) is 2.40. The van der Waals surface area contributed by atoms with Crippen LogP contribution in [-0.2, 0) is 0 Å². The van der Waals surface area contributed by atoms with Crippen LogP contribution in [0, 0.1) is 26.7 Å². The smallest absolute Gasteiger partial charge is 0.270 e. The van der Waals surface area contributed by atoms with Crippen molar-refractivity contribution in [1.29, 1.82) is 0 Å². The number of nitrogens with one attached hydrogen (secondary N) is 2. The molecule has 0 radical (unpaired) electrons. The van der Waals surface area contributed by atoms with Gasteiger partial charge >= 0.3 is 0 Å². The van der Waals surface area contributed by atoms with Gasteiger partial charge in [-0.1, -0.05) is 31.5 Å². The average Bonchev–Trinajstić information content (AvgIpc) is 2.49. The van der Waals surface area contributed by atoms with Crippen LogP contribution in [0.5, 0.6) is 0 Å². The van der Waals surface area contributed by atoms with Crippen LogP contribution >= 0.6 is 0 Å². The highest BCUT2D eigenvalue weighted by atomic mass is 16.1. The molecule has 1 aromatic carbocycles. The van der Waals surface area contributed by atoms with Crippen LogP contribution in [0.1, 0.15) is 47.7 Å². The summed E-state index contributed by atoms with van der Waals surface area (Å²) in [6, 6.07) is 7.86. The first kappa shape index (κ1) is 17.9. The normalized spacial score (nSPS) is 10.8. The van der Waals surface area contributed by atoms with Gasteiger partial charge in [0.15, 0.2) is 0 Å². The van der Waals surface area contributed by atoms with Crippen molar-refractivity contribution in [1.82, 2.24) is 15.3 Å². The van der Waals surface area contributed by atoms with Crippen molar-refractivity contribution in [3.63, 3.8) is 0 Å². The Kier molecular flexibility index (Phi) is 5.90. The molecule has 0 aliphatic carbocycles. The van der Waals surface area contributed by atoms with Gasteiger partial charge in [-0.05, 0) is 44.7 Å². The minimum absolute atomic E-state index is 0.162. The van der Waals surface area contributed by atoms with Crippen molar-refractivity contribution >= 4 is 17.4 Å². The second-order valence-electron chi connectivity index (χ2n) is 6.57. The molecule has 5 heteroatoms. The van der Waals surface area contributed by atoms with Crippen molar-refractivity contribution < 1.29 is 4.79 Å². The maximum absolute atomic E-state index is 12.3. The predicted molar refractivity (Wildman–Crippen MR) is 97.8 cm³/mol. The number of hydrogen-bond acceptors (Lipinski definition) is 4. The SMILES string of the molecule is Cc1ccc(Nc2cc(C(=O)NCCC(C)C)nc(C)n2)c(C)c1. The fraction of sp³-hybridized carbons (Fsp3) is 0.421. The van der Waals surface area contributed by atoms with Gasteiger partial charge in [-0.25, -0.2) is 9.97 Å². The van der Waals surface area contributed by atoms with E-state index in [1.165, 1.54) is 5.56 Å². The predicted octanol–water partition coefficient (Wildman–Crippen LogP) is 3.92. The molecule has 0 unspecified atom stereocenters.